The van der Waals surface area contributed by atoms with E-state index >= 15 is 4.39 Å². The maximum absolute atomic E-state index is 15.1. The Morgan fingerprint density at radius 3 is 2.58 bits per heavy atom. The number of nitrogens with one attached hydrogen (secondary N) is 1. The molecule has 8 heteroatoms. The summed E-state index contributed by atoms with van der Waals surface area (Å²) in [7, 11) is 0. The van der Waals surface area contributed by atoms with Crippen molar-refractivity contribution in [1.82, 2.24) is 4.98 Å². The minimum atomic E-state index is -1.01. The molecule has 1 aliphatic rings. The highest BCUT2D eigenvalue weighted by molar-refractivity contribution is 6.06. The molecule has 1 atom stereocenters. The lowest BCUT2D eigenvalue weighted by Crippen LogP contribution is -2.43. The second-order valence-electron chi connectivity index (χ2n) is 7.46. The number of benzene rings is 2. The van der Waals surface area contributed by atoms with Crippen LogP contribution in [-0.2, 0) is 0 Å². The Kier molecular flexibility index (Phi) is 5.90. The van der Waals surface area contributed by atoms with Gasteiger partial charge in [-0.05, 0) is 37.1 Å². The Balaban J connectivity index is 1.65. The van der Waals surface area contributed by atoms with Crippen LogP contribution in [0.3, 0.4) is 0 Å². The Hall–Kier alpha value is -3.39. The maximum atomic E-state index is 15.1. The summed E-state index contributed by atoms with van der Waals surface area (Å²) in [5, 5.41) is 2.68. The van der Waals surface area contributed by atoms with Crippen LogP contribution in [0.25, 0.3) is 11.1 Å². The van der Waals surface area contributed by atoms with Gasteiger partial charge < -0.3 is 16.0 Å². The van der Waals surface area contributed by atoms with Crippen LogP contribution in [0.5, 0.6) is 0 Å². The highest BCUT2D eigenvalue weighted by Crippen LogP contribution is 2.31. The topological polar surface area (TPSA) is 71.2 Å². The Morgan fingerprint density at radius 1 is 1.10 bits per heavy atom. The average molecular weight is 426 g/mol. The summed E-state index contributed by atoms with van der Waals surface area (Å²) in [6.07, 6.45) is 4.93. The fraction of sp³-hybridized carbons (Fsp3) is 0.217. The molecule has 3 aromatic rings. The molecule has 1 amide bonds. The van der Waals surface area contributed by atoms with Crippen LogP contribution in [0.15, 0.2) is 54.9 Å². The lowest BCUT2D eigenvalue weighted by molar-refractivity contribution is 0.102. The number of nitrogens with zero attached hydrogens (tertiary/aromatic N) is 2. The molecule has 0 saturated carbocycles. The fourth-order valence-corrected chi connectivity index (χ4v) is 3.83. The predicted molar refractivity (Wildman–Crippen MR) is 113 cm³/mol. The zero-order valence-corrected chi connectivity index (χ0v) is 16.6. The zero-order valence-electron chi connectivity index (χ0n) is 16.6. The quantitative estimate of drug-likeness (QED) is 0.651. The Morgan fingerprint density at radius 2 is 1.84 bits per heavy atom. The molecule has 1 fully saturated rings. The summed E-state index contributed by atoms with van der Waals surface area (Å²) < 4.78 is 43.5. The van der Waals surface area contributed by atoms with Crippen molar-refractivity contribution in [3.63, 3.8) is 0 Å². The molecule has 1 aliphatic heterocycles. The van der Waals surface area contributed by atoms with Crippen LogP contribution in [0.1, 0.15) is 23.2 Å². The number of amides is 1. The van der Waals surface area contributed by atoms with Gasteiger partial charge in [-0.2, -0.15) is 0 Å². The third kappa shape index (κ3) is 4.25. The molecule has 2 aromatic carbocycles. The van der Waals surface area contributed by atoms with E-state index in [4.69, 9.17) is 5.73 Å². The average Bonchev–Trinajstić information content (AvgIpc) is 2.75. The van der Waals surface area contributed by atoms with Crippen molar-refractivity contribution in [1.29, 1.82) is 0 Å². The first-order valence-electron chi connectivity index (χ1n) is 9.94. The van der Waals surface area contributed by atoms with E-state index in [0.717, 1.165) is 37.2 Å². The maximum Gasteiger partial charge on any atom is 0.258 e. The van der Waals surface area contributed by atoms with Gasteiger partial charge in [-0.25, -0.2) is 13.2 Å². The molecule has 2 heterocycles. The Labute approximate surface area is 177 Å². The Bertz CT molecular complexity index is 1100. The summed E-state index contributed by atoms with van der Waals surface area (Å²) in [6.45, 7) is 1.40. The van der Waals surface area contributed by atoms with Gasteiger partial charge in [-0.3, -0.25) is 9.78 Å². The van der Waals surface area contributed by atoms with Gasteiger partial charge in [0.1, 0.15) is 17.5 Å². The van der Waals surface area contributed by atoms with E-state index in [1.54, 1.807) is 12.3 Å². The number of rotatable bonds is 4. The third-order valence-corrected chi connectivity index (χ3v) is 5.32. The minimum Gasteiger partial charge on any atom is -0.368 e. The largest absolute Gasteiger partial charge is 0.368 e. The van der Waals surface area contributed by atoms with Crippen LogP contribution in [0.4, 0.5) is 24.5 Å². The second kappa shape index (κ2) is 8.77. The van der Waals surface area contributed by atoms with Crippen molar-refractivity contribution < 1.29 is 18.0 Å². The van der Waals surface area contributed by atoms with E-state index in [0.29, 0.717) is 12.2 Å². The molecular formula is C23H21F3N4O. The van der Waals surface area contributed by atoms with Gasteiger partial charge in [0.15, 0.2) is 0 Å². The molecule has 160 valence electrons. The smallest absolute Gasteiger partial charge is 0.258 e. The molecule has 5 nitrogen and oxygen atoms in total. The van der Waals surface area contributed by atoms with E-state index in [2.05, 4.69) is 10.3 Å². The van der Waals surface area contributed by atoms with Crippen molar-refractivity contribution in [3.05, 3.63) is 77.9 Å². The van der Waals surface area contributed by atoms with Gasteiger partial charge in [0, 0.05) is 30.9 Å². The molecule has 0 bridgehead atoms. The van der Waals surface area contributed by atoms with Crippen LogP contribution in [0, 0.1) is 17.5 Å². The van der Waals surface area contributed by atoms with Crippen molar-refractivity contribution in [2.75, 3.05) is 23.3 Å². The van der Waals surface area contributed by atoms with Crippen molar-refractivity contribution in [2.45, 2.75) is 18.9 Å². The van der Waals surface area contributed by atoms with Gasteiger partial charge in [-0.1, -0.05) is 18.2 Å². The van der Waals surface area contributed by atoms with E-state index < -0.39 is 28.9 Å². The third-order valence-electron chi connectivity index (χ3n) is 5.32. The summed E-state index contributed by atoms with van der Waals surface area (Å²) >= 11 is 0. The van der Waals surface area contributed by atoms with Crippen LogP contribution < -0.4 is 16.0 Å². The molecule has 1 aromatic heterocycles. The van der Waals surface area contributed by atoms with E-state index in [1.807, 2.05) is 4.90 Å². The molecule has 31 heavy (non-hydrogen) atoms. The number of carbonyl (C=O) groups excluding carboxylic acids is 1. The number of anilines is 2. The van der Waals surface area contributed by atoms with Crippen LogP contribution >= 0.6 is 0 Å². The summed E-state index contributed by atoms with van der Waals surface area (Å²) in [4.78, 5) is 19.0. The molecule has 0 radical (unpaired) electrons. The molecular weight excluding hydrogens is 405 g/mol. The normalized spacial score (nSPS) is 16.3. The number of hydrogen-bond acceptors (Lipinski definition) is 4. The van der Waals surface area contributed by atoms with Crippen molar-refractivity contribution in [2.24, 2.45) is 5.73 Å². The van der Waals surface area contributed by atoms with Gasteiger partial charge >= 0.3 is 0 Å². The lowest BCUT2D eigenvalue weighted by Gasteiger charge is -2.33. The summed E-state index contributed by atoms with van der Waals surface area (Å²) in [5.41, 5.74) is 6.04. The summed E-state index contributed by atoms with van der Waals surface area (Å²) in [6, 6.07) is 8.93. The van der Waals surface area contributed by atoms with Crippen LogP contribution in [-0.4, -0.2) is 30.0 Å². The molecule has 3 N–H and O–H groups in total. The highest BCUT2D eigenvalue weighted by Gasteiger charge is 2.23. The van der Waals surface area contributed by atoms with E-state index in [-0.39, 0.29) is 17.2 Å². The number of pyridine rings is 1. The molecule has 0 unspecified atom stereocenters. The second-order valence-corrected chi connectivity index (χ2v) is 7.46. The minimum absolute atomic E-state index is 0.0234. The molecule has 0 aliphatic carbocycles. The number of piperidine rings is 1. The standard InChI is InChI=1S/C23H21F3N4O/c24-17-7-2-8-18(25)21(17)15-5-1-6-16(22(15)26)23(31)29-19-12-28-10-9-20(19)30-11-3-4-14(27)13-30/h1-2,5-10,12,14H,3-4,11,13,27H2,(H,29,31)/t14-/m0/s1. The number of nitrogens with two attached hydrogens (primary N) is 1. The van der Waals surface area contributed by atoms with Gasteiger partial charge in [-0.15, -0.1) is 0 Å². The number of hydrogen-bond donors (Lipinski definition) is 2. The first-order chi connectivity index (χ1) is 15.0. The van der Waals surface area contributed by atoms with E-state index in [1.165, 1.54) is 30.5 Å². The van der Waals surface area contributed by atoms with Gasteiger partial charge in [0.2, 0.25) is 0 Å². The van der Waals surface area contributed by atoms with Crippen LogP contribution in [0.2, 0.25) is 0 Å². The number of aromatic nitrogens is 1. The number of halogens is 3. The van der Waals surface area contributed by atoms with Crippen molar-refractivity contribution >= 4 is 17.3 Å². The molecule has 4 rings (SSSR count). The lowest BCUT2D eigenvalue weighted by atomic mass is 10.0. The number of carbonyl (C=O) groups is 1. The van der Waals surface area contributed by atoms with E-state index in [9.17, 15) is 13.6 Å². The van der Waals surface area contributed by atoms with Crippen molar-refractivity contribution in [3.8, 4) is 11.1 Å². The highest BCUT2D eigenvalue weighted by atomic mass is 19.1. The monoisotopic (exact) mass is 426 g/mol. The SMILES string of the molecule is N[C@H]1CCCN(c2ccncc2NC(=O)c2cccc(-c3c(F)cccc3F)c2F)C1. The predicted octanol–water partition coefficient (Wildman–Crippen LogP) is 4.35. The van der Waals surface area contributed by atoms with Gasteiger partial charge in [0.25, 0.3) is 5.91 Å². The fourth-order valence-electron chi connectivity index (χ4n) is 3.83. The summed E-state index contributed by atoms with van der Waals surface area (Å²) in [5.74, 6) is -3.57. The molecule has 1 saturated heterocycles. The zero-order chi connectivity index (χ0) is 22.0. The molecule has 0 spiro atoms. The van der Waals surface area contributed by atoms with Gasteiger partial charge in [0.05, 0.1) is 28.7 Å². The first kappa shape index (κ1) is 20.9. The first-order valence-corrected chi connectivity index (χ1v) is 9.94.